The number of para-hydroxylation sites is 2. The number of hydrogen-bond donors (Lipinski definition) is 2. The smallest absolute Gasteiger partial charge is 0.265 e. The number of hydrogen-bond acceptors (Lipinski definition) is 5. The Morgan fingerprint density at radius 1 is 1.04 bits per heavy atom. The monoisotopic (exact) mass is 392 g/mol. The van der Waals surface area contributed by atoms with Gasteiger partial charge in [-0.3, -0.25) is 4.72 Å². The van der Waals surface area contributed by atoms with Crippen molar-refractivity contribution in [3.05, 3.63) is 42.5 Å². The topological polar surface area (TPSA) is 72.3 Å². The van der Waals surface area contributed by atoms with Crippen LogP contribution in [0.4, 0.5) is 11.4 Å². The zero-order chi connectivity index (χ0) is 19.4. The van der Waals surface area contributed by atoms with E-state index in [1.165, 1.54) is 25.2 Å². The van der Waals surface area contributed by atoms with E-state index < -0.39 is 10.0 Å². The molecule has 1 aliphatic heterocycles. The van der Waals surface area contributed by atoms with Gasteiger partial charge in [0.05, 0.1) is 58.8 Å². The second-order valence-corrected chi connectivity index (χ2v) is 8.23. The van der Waals surface area contributed by atoms with Gasteiger partial charge in [-0.05, 0) is 24.3 Å². The fourth-order valence-electron chi connectivity index (χ4n) is 3.16. The Hall–Kier alpha value is -2.45. The molecule has 2 aromatic rings. The Balaban J connectivity index is 1.93. The zero-order valence-electron chi connectivity index (χ0n) is 15.9. The molecule has 0 unspecified atom stereocenters. The van der Waals surface area contributed by atoms with Gasteiger partial charge in [-0.1, -0.05) is 12.1 Å². The first kappa shape index (κ1) is 19.3. The number of quaternary nitrogens is 1. The number of nitrogens with zero attached hydrogens (tertiary/aromatic N) is 1. The summed E-state index contributed by atoms with van der Waals surface area (Å²) >= 11 is 0. The van der Waals surface area contributed by atoms with E-state index in [0.717, 1.165) is 31.9 Å². The summed E-state index contributed by atoms with van der Waals surface area (Å²) in [6, 6.07) is 12.2. The molecule has 1 aliphatic rings. The lowest BCUT2D eigenvalue weighted by Gasteiger charge is -2.33. The van der Waals surface area contributed by atoms with Crippen LogP contribution < -0.4 is 24.0 Å². The molecule has 0 aliphatic carbocycles. The molecule has 1 heterocycles. The maximum Gasteiger partial charge on any atom is 0.265 e. The van der Waals surface area contributed by atoms with Gasteiger partial charge < -0.3 is 19.3 Å². The molecule has 0 bridgehead atoms. The lowest BCUT2D eigenvalue weighted by molar-refractivity contribution is -0.880. The number of ether oxygens (including phenoxy) is 2. The number of benzene rings is 2. The number of rotatable bonds is 6. The van der Waals surface area contributed by atoms with Gasteiger partial charge in [0, 0.05) is 6.07 Å². The van der Waals surface area contributed by atoms with Crippen LogP contribution in [0, 0.1) is 0 Å². The number of anilines is 2. The normalized spacial score (nSPS) is 15.4. The van der Waals surface area contributed by atoms with Gasteiger partial charge in [0.1, 0.15) is 16.4 Å². The highest BCUT2D eigenvalue weighted by Gasteiger charge is 2.24. The van der Waals surface area contributed by atoms with E-state index in [1.54, 1.807) is 18.2 Å². The molecule has 7 nitrogen and oxygen atoms in total. The molecule has 27 heavy (non-hydrogen) atoms. The van der Waals surface area contributed by atoms with E-state index >= 15 is 0 Å². The Morgan fingerprint density at radius 2 is 1.74 bits per heavy atom. The van der Waals surface area contributed by atoms with Crippen molar-refractivity contribution in [1.29, 1.82) is 0 Å². The van der Waals surface area contributed by atoms with Crippen LogP contribution in [0.5, 0.6) is 11.5 Å². The van der Waals surface area contributed by atoms with E-state index in [1.807, 2.05) is 18.2 Å². The van der Waals surface area contributed by atoms with Crippen LogP contribution in [0.25, 0.3) is 0 Å². The lowest BCUT2D eigenvalue weighted by Crippen LogP contribution is -3.12. The molecule has 0 radical (unpaired) electrons. The summed E-state index contributed by atoms with van der Waals surface area (Å²) in [7, 11) is 1.26. The van der Waals surface area contributed by atoms with Crippen molar-refractivity contribution < 1.29 is 22.8 Å². The van der Waals surface area contributed by atoms with Crippen molar-refractivity contribution in [2.45, 2.75) is 4.90 Å². The molecule has 3 rings (SSSR count). The van der Waals surface area contributed by atoms with E-state index in [4.69, 9.17) is 9.47 Å². The molecule has 0 aromatic heterocycles. The van der Waals surface area contributed by atoms with Crippen LogP contribution in [0.3, 0.4) is 0 Å². The summed E-state index contributed by atoms with van der Waals surface area (Å²) in [4.78, 5) is 3.74. The Kier molecular flexibility index (Phi) is 5.76. The van der Waals surface area contributed by atoms with Crippen LogP contribution in [0.15, 0.2) is 47.4 Å². The van der Waals surface area contributed by atoms with Crippen molar-refractivity contribution in [2.24, 2.45) is 0 Å². The Morgan fingerprint density at radius 3 is 2.41 bits per heavy atom. The predicted octanol–water partition coefficient (Wildman–Crippen LogP) is 0.839. The van der Waals surface area contributed by atoms with Gasteiger partial charge in [0.2, 0.25) is 0 Å². The summed E-state index contributed by atoms with van der Waals surface area (Å²) < 4.78 is 39.3. The number of methoxy groups -OCH3 is 2. The van der Waals surface area contributed by atoms with E-state index in [-0.39, 0.29) is 10.6 Å². The van der Waals surface area contributed by atoms with Gasteiger partial charge in [0.15, 0.2) is 0 Å². The molecule has 0 saturated carbocycles. The highest BCUT2D eigenvalue weighted by atomic mass is 32.2. The van der Waals surface area contributed by atoms with Gasteiger partial charge in [-0.25, -0.2) is 8.42 Å². The van der Waals surface area contributed by atoms with Gasteiger partial charge in [-0.15, -0.1) is 0 Å². The standard InChI is InChI=1S/C19H25N3O4S/c1-21-10-12-22(13-11-21)17-7-5-4-6-16(17)20-27(23,24)19-14-15(25-2)8-9-18(19)26-3/h4-9,14,20H,10-13H2,1-3H3/p+1. The molecule has 0 amide bonds. The molecular weight excluding hydrogens is 366 g/mol. The number of likely N-dealkylation sites (N-methyl/N-ethyl adjacent to an activating group) is 1. The van der Waals surface area contributed by atoms with Crippen molar-refractivity contribution in [2.75, 3.05) is 57.1 Å². The first-order chi connectivity index (χ1) is 12.9. The van der Waals surface area contributed by atoms with E-state index in [9.17, 15) is 8.42 Å². The highest BCUT2D eigenvalue weighted by molar-refractivity contribution is 7.92. The molecule has 2 aromatic carbocycles. The maximum atomic E-state index is 13.1. The fourth-order valence-corrected chi connectivity index (χ4v) is 4.42. The summed E-state index contributed by atoms with van der Waals surface area (Å²) in [5.74, 6) is 0.718. The number of piperazine rings is 1. The molecule has 1 saturated heterocycles. The summed E-state index contributed by atoms with van der Waals surface area (Å²) in [6.07, 6.45) is 0. The largest absolute Gasteiger partial charge is 0.497 e. The summed E-state index contributed by atoms with van der Waals surface area (Å²) in [5.41, 5.74) is 1.44. The van der Waals surface area contributed by atoms with Crippen LogP contribution in [0.2, 0.25) is 0 Å². The van der Waals surface area contributed by atoms with Crippen molar-refractivity contribution in [1.82, 2.24) is 0 Å². The van der Waals surface area contributed by atoms with E-state index in [2.05, 4.69) is 16.7 Å². The molecule has 8 heteroatoms. The minimum Gasteiger partial charge on any atom is -0.497 e. The quantitative estimate of drug-likeness (QED) is 0.762. The van der Waals surface area contributed by atoms with Crippen molar-refractivity contribution in [3.63, 3.8) is 0 Å². The summed E-state index contributed by atoms with van der Waals surface area (Å²) in [6.45, 7) is 3.80. The lowest BCUT2D eigenvalue weighted by atomic mass is 10.2. The molecule has 0 atom stereocenters. The average Bonchev–Trinajstić information content (AvgIpc) is 2.68. The van der Waals surface area contributed by atoms with E-state index in [0.29, 0.717) is 11.4 Å². The highest BCUT2D eigenvalue weighted by Crippen LogP contribution is 2.32. The first-order valence-corrected chi connectivity index (χ1v) is 10.3. The van der Waals surface area contributed by atoms with Crippen LogP contribution >= 0.6 is 0 Å². The SMILES string of the molecule is COc1ccc(OC)c(S(=O)(=O)Nc2ccccc2N2CC[NH+](C)CC2)c1. The predicted molar refractivity (Wildman–Crippen MR) is 106 cm³/mol. The number of sulfonamides is 1. The summed E-state index contributed by atoms with van der Waals surface area (Å²) in [5, 5.41) is 0. The third-order valence-electron chi connectivity index (χ3n) is 4.77. The molecule has 2 N–H and O–H groups in total. The van der Waals surface area contributed by atoms with Gasteiger partial charge in [0.25, 0.3) is 10.0 Å². The van der Waals surface area contributed by atoms with Crippen molar-refractivity contribution in [3.8, 4) is 11.5 Å². The zero-order valence-corrected chi connectivity index (χ0v) is 16.7. The van der Waals surface area contributed by atoms with Gasteiger partial charge >= 0.3 is 0 Å². The minimum atomic E-state index is -3.85. The van der Waals surface area contributed by atoms with Crippen molar-refractivity contribution >= 4 is 21.4 Å². The Bertz CT molecular complexity index is 894. The minimum absolute atomic E-state index is 0.0435. The molecule has 0 spiro atoms. The Labute approximate surface area is 160 Å². The fraction of sp³-hybridized carbons (Fsp3) is 0.368. The van der Waals surface area contributed by atoms with Crippen LogP contribution in [-0.4, -0.2) is 55.9 Å². The molecule has 146 valence electrons. The van der Waals surface area contributed by atoms with Crippen LogP contribution in [-0.2, 0) is 10.0 Å². The molecular formula is C19H26N3O4S+. The second kappa shape index (κ2) is 8.06. The van der Waals surface area contributed by atoms with Crippen LogP contribution in [0.1, 0.15) is 0 Å². The second-order valence-electron chi connectivity index (χ2n) is 6.58. The third kappa shape index (κ3) is 4.28. The first-order valence-electron chi connectivity index (χ1n) is 8.84. The van der Waals surface area contributed by atoms with Gasteiger partial charge in [-0.2, -0.15) is 0 Å². The third-order valence-corrected chi connectivity index (χ3v) is 6.15. The molecule has 1 fully saturated rings. The number of nitrogens with one attached hydrogen (secondary N) is 2. The maximum absolute atomic E-state index is 13.1. The average molecular weight is 393 g/mol.